The number of carbonyl (C=O) groups is 2. The molecule has 42 heavy (non-hydrogen) atoms. The Bertz CT molecular complexity index is 1510. The maximum atomic E-state index is 13.8. The number of hydrogen-bond donors (Lipinski definition) is 3. The number of fused-ring (bicyclic) bond motifs is 1. The van der Waals surface area contributed by atoms with Crippen LogP contribution in [0.2, 0.25) is 0 Å². The van der Waals surface area contributed by atoms with Crippen molar-refractivity contribution in [1.29, 1.82) is 5.41 Å². The van der Waals surface area contributed by atoms with Gasteiger partial charge < -0.3 is 29.7 Å². The molecule has 0 unspecified atom stereocenters. The lowest BCUT2D eigenvalue weighted by molar-refractivity contribution is 0.0953. The average Bonchev–Trinajstić information content (AvgIpc) is 3.27. The summed E-state index contributed by atoms with van der Waals surface area (Å²) in [5.74, 6) is 1.40. The van der Waals surface area contributed by atoms with Gasteiger partial charge in [0.05, 0.1) is 38.6 Å². The molecule has 2 aromatic carbocycles. The highest BCUT2D eigenvalue weighted by Crippen LogP contribution is 2.39. The van der Waals surface area contributed by atoms with Crippen molar-refractivity contribution in [3.63, 3.8) is 0 Å². The lowest BCUT2D eigenvalue weighted by atomic mass is 9.84. The second-order valence-electron chi connectivity index (χ2n) is 11.0. The van der Waals surface area contributed by atoms with Gasteiger partial charge in [-0.3, -0.25) is 15.0 Å². The van der Waals surface area contributed by atoms with Crippen LogP contribution in [-0.2, 0) is 18.5 Å². The molecule has 1 aromatic heterocycles. The molecule has 0 fully saturated rings. The summed E-state index contributed by atoms with van der Waals surface area (Å²) in [6.45, 7) is 9.24. The second-order valence-corrected chi connectivity index (χ2v) is 11.0. The van der Waals surface area contributed by atoms with Crippen LogP contribution in [0.1, 0.15) is 70.7 Å². The van der Waals surface area contributed by atoms with E-state index >= 15 is 0 Å². The molecule has 0 spiro atoms. The summed E-state index contributed by atoms with van der Waals surface area (Å²) in [6.07, 6.45) is 1.67. The van der Waals surface area contributed by atoms with Gasteiger partial charge in [-0.2, -0.15) is 0 Å². The number of pyridine rings is 1. The van der Waals surface area contributed by atoms with Crippen LogP contribution in [0.15, 0.2) is 42.6 Å². The summed E-state index contributed by atoms with van der Waals surface area (Å²) >= 11 is 0. The van der Waals surface area contributed by atoms with Crippen LogP contribution in [0.5, 0.6) is 17.4 Å². The van der Waals surface area contributed by atoms with Crippen molar-refractivity contribution in [1.82, 2.24) is 15.2 Å². The summed E-state index contributed by atoms with van der Waals surface area (Å²) in [5.41, 5.74) is 4.43. The number of ether oxygens (including phenoxy) is 3. The zero-order valence-corrected chi connectivity index (χ0v) is 25.3. The lowest BCUT2D eigenvalue weighted by Crippen LogP contribution is -2.30. The fraction of sp³-hybridized carbons (Fsp3) is 0.375. The average molecular weight is 574 g/mol. The molecule has 4 rings (SSSR count). The second kappa shape index (κ2) is 12.5. The van der Waals surface area contributed by atoms with Crippen LogP contribution < -0.4 is 24.8 Å². The number of nitrogens with one attached hydrogen (secondary N) is 3. The van der Waals surface area contributed by atoms with Gasteiger partial charge in [-0.25, -0.2) is 4.98 Å². The Morgan fingerprint density at radius 1 is 1.12 bits per heavy atom. The van der Waals surface area contributed by atoms with Crippen LogP contribution in [0, 0.1) is 5.41 Å². The van der Waals surface area contributed by atoms with Gasteiger partial charge in [-0.1, -0.05) is 26.8 Å². The van der Waals surface area contributed by atoms with Gasteiger partial charge in [0, 0.05) is 48.6 Å². The Hall–Kier alpha value is -4.60. The number of anilines is 1. The van der Waals surface area contributed by atoms with E-state index in [4.69, 9.17) is 19.6 Å². The molecule has 10 nitrogen and oxygen atoms in total. The molecular formula is C32H39N5O5. The van der Waals surface area contributed by atoms with Gasteiger partial charge in [-0.05, 0) is 48.2 Å². The van der Waals surface area contributed by atoms with Crippen molar-refractivity contribution in [2.24, 2.45) is 0 Å². The first-order chi connectivity index (χ1) is 20.0. The van der Waals surface area contributed by atoms with Crippen LogP contribution >= 0.6 is 0 Å². The van der Waals surface area contributed by atoms with Gasteiger partial charge in [0.1, 0.15) is 17.3 Å². The van der Waals surface area contributed by atoms with Gasteiger partial charge in [0.25, 0.3) is 5.91 Å². The number of nitrogens with zero attached hydrogens (tertiary/aromatic N) is 2. The van der Waals surface area contributed by atoms with E-state index in [-0.39, 0.29) is 29.5 Å². The van der Waals surface area contributed by atoms with Crippen molar-refractivity contribution in [2.75, 3.05) is 39.7 Å². The highest BCUT2D eigenvalue weighted by Gasteiger charge is 2.30. The zero-order chi connectivity index (χ0) is 30.6. The largest absolute Gasteiger partial charge is 0.494 e. The third-order valence-electron chi connectivity index (χ3n) is 7.18. The zero-order valence-electron chi connectivity index (χ0n) is 25.3. The van der Waals surface area contributed by atoms with Crippen molar-refractivity contribution >= 4 is 23.2 Å². The van der Waals surface area contributed by atoms with E-state index < -0.39 is 0 Å². The Morgan fingerprint density at radius 2 is 1.88 bits per heavy atom. The molecule has 1 amide bonds. The number of benzene rings is 2. The van der Waals surface area contributed by atoms with E-state index in [0.717, 1.165) is 16.7 Å². The lowest BCUT2D eigenvalue weighted by Gasteiger charge is -2.26. The highest BCUT2D eigenvalue weighted by molar-refractivity contribution is 6.08. The quantitative estimate of drug-likeness (QED) is 0.280. The number of aromatic nitrogens is 1. The smallest absolute Gasteiger partial charge is 0.254 e. The number of rotatable bonds is 11. The number of hydrogen-bond acceptors (Lipinski definition) is 8. The SMILES string of the molecule is CCOc1cc2c(cc1C(=O)NC)C(=N)N(CC(=O)c1cc(NCc3cccnc3OC)c(OC)c(C(C)(C)C)c1)C2. The first kappa shape index (κ1) is 30.4. The summed E-state index contributed by atoms with van der Waals surface area (Å²) < 4.78 is 16.9. The van der Waals surface area contributed by atoms with Crippen LogP contribution in [0.3, 0.4) is 0 Å². The Morgan fingerprint density at radius 3 is 2.52 bits per heavy atom. The number of methoxy groups -OCH3 is 2. The van der Waals surface area contributed by atoms with E-state index in [1.54, 1.807) is 50.6 Å². The molecule has 2 heterocycles. The predicted octanol–water partition coefficient (Wildman–Crippen LogP) is 4.79. The molecule has 0 radical (unpaired) electrons. The molecule has 1 aliphatic heterocycles. The molecule has 1 aliphatic rings. The molecule has 10 heteroatoms. The topological polar surface area (TPSA) is 126 Å². The maximum Gasteiger partial charge on any atom is 0.254 e. The molecule has 0 bridgehead atoms. The third-order valence-corrected chi connectivity index (χ3v) is 7.18. The van der Waals surface area contributed by atoms with Crippen LogP contribution in [-0.4, -0.2) is 61.8 Å². The summed E-state index contributed by atoms with van der Waals surface area (Å²) in [4.78, 5) is 32.2. The Balaban J connectivity index is 1.64. The van der Waals surface area contributed by atoms with E-state index in [2.05, 4.69) is 36.4 Å². The summed E-state index contributed by atoms with van der Waals surface area (Å²) in [6, 6.07) is 10.9. The fourth-order valence-electron chi connectivity index (χ4n) is 5.05. The van der Waals surface area contributed by atoms with Gasteiger partial charge >= 0.3 is 0 Å². The fourth-order valence-corrected chi connectivity index (χ4v) is 5.05. The van der Waals surface area contributed by atoms with Crippen molar-refractivity contribution in [3.05, 3.63) is 76.0 Å². The number of amidine groups is 1. The van der Waals surface area contributed by atoms with E-state index in [1.165, 1.54) is 0 Å². The molecular weight excluding hydrogens is 534 g/mol. The van der Waals surface area contributed by atoms with Crippen molar-refractivity contribution in [3.8, 4) is 17.4 Å². The van der Waals surface area contributed by atoms with E-state index in [0.29, 0.717) is 59.5 Å². The number of Topliss-reactive ketones (excluding diaryl/α,β-unsaturated/α-hetero) is 1. The minimum atomic E-state index is -0.313. The first-order valence-electron chi connectivity index (χ1n) is 13.8. The third kappa shape index (κ3) is 6.17. The highest BCUT2D eigenvalue weighted by atomic mass is 16.5. The standard InChI is InChI=1S/C32H39N5O5/c1-8-42-27-14-21-17-37(29(33)22(21)15-23(27)30(39)34-5)18-26(38)20-12-24(32(2,3)4)28(40-6)25(13-20)36-16-19-10-9-11-35-31(19)41-7/h9-15,33,36H,8,16-18H2,1-7H3,(H,34,39). The summed E-state index contributed by atoms with van der Waals surface area (Å²) in [7, 11) is 4.75. The molecule has 0 saturated carbocycles. The Labute approximate surface area is 246 Å². The van der Waals surface area contributed by atoms with Crippen molar-refractivity contribution in [2.45, 2.75) is 46.2 Å². The molecule has 3 N–H and O–H groups in total. The first-order valence-corrected chi connectivity index (χ1v) is 13.8. The Kier molecular flexibility index (Phi) is 9.04. The van der Waals surface area contributed by atoms with Gasteiger partial charge in [0.15, 0.2) is 5.78 Å². The van der Waals surface area contributed by atoms with E-state index in [9.17, 15) is 9.59 Å². The predicted molar refractivity (Wildman–Crippen MR) is 162 cm³/mol. The molecule has 222 valence electrons. The minimum absolute atomic E-state index is 0.00142. The summed E-state index contributed by atoms with van der Waals surface area (Å²) in [5, 5.41) is 14.9. The molecule has 0 saturated heterocycles. The number of amides is 1. The number of ketones is 1. The van der Waals surface area contributed by atoms with Crippen molar-refractivity contribution < 1.29 is 23.8 Å². The van der Waals surface area contributed by atoms with Gasteiger partial charge in [-0.15, -0.1) is 0 Å². The van der Waals surface area contributed by atoms with Gasteiger partial charge in [0.2, 0.25) is 5.88 Å². The number of carbonyl (C=O) groups excluding carboxylic acids is 2. The normalized spacial score (nSPS) is 12.5. The molecule has 0 atom stereocenters. The molecule has 0 aliphatic carbocycles. The van der Waals surface area contributed by atoms with E-state index in [1.807, 2.05) is 25.1 Å². The maximum absolute atomic E-state index is 13.8. The monoisotopic (exact) mass is 573 g/mol. The molecule has 3 aromatic rings. The van der Waals surface area contributed by atoms with Crippen LogP contribution in [0.4, 0.5) is 5.69 Å². The minimum Gasteiger partial charge on any atom is -0.494 e. The van der Waals surface area contributed by atoms with Crippen LogP contribution in [0.25, 0.3) is 0 Å².